The lowest BCUT2D eigenvalue weighted by Gasteiger charge is -2.17. The van der Waals surface area contributed by atoms with Gasteiger partial charge in [0.25, 0.3) is 0 Å². The molecule has 1 aromatic carbocycles. The van der Waals surface area contributed by atoms with E-state index in [9.17, 15) is 4.79 Å². The lowest BCUT2D eigenvalue weighted by Crippen LogP contribution is -2.35. The zero-order chi connectivity index (χ0) is 11.4. The highest BCUT2D eigenvalue weighted by molar-refractivity contribution is 5.72. The molecule has 0 heterocycles. The number of nitrogens with one attached hydrogen (secondary N) is 1. The van der Waals surface area contributed by atoms with Crippen LogP contribution in [0.1, 0.15) is 31.0 Å². The Hall–Kier alpha value is -1.35. The van der Waals surface area contributed by atoms with Crippen molar-refractivity contribution in [2.24, 2.45) is 0 Å². The third kappa shape index (κ3) is 3.36. The van der Waals surface area contributed by atoms with Gasteiger partial charge < -0.3 is 5.11 Å². The summed E-state index contributed by atoms with van der Waals surface area (Å²) in [4.78, 5) is 10.7. The molecule has 0 saturated heterocycles. The second-order valence-corrected chi connectivity index (χ2v) is 3.86. The molecule has 2 atom stereocenters. The van der Waals surface area contributed by atoms with Crippen molar-refractivity contribution in [2.75, 3.05) is 0 Å². The Labute approximate surface area is 90.1 Å². The zero-order valence-corrected chi connectivity index (χ0v) is 9.32. The topological polar surface area (TPSA) is 49.3 Å². The van der Waals surface area contributed by atoms with Gasteiger partial charge in [-0.3, -0.25) is 10.1 Å². The van der Waals surface area contributed by atoms with Gasteiger partial charge in [0.05, 0.1) is 0 Å². The van der Waals surface area contributed by atoms with Crippen molar-refractivity contribution in [1.82, 2.24) is 5.32 Å². The van der Waals surface area contributed by atoms with Gasteiger partial charge in [-0.05, 0) is 26.3 Å². The van der Waals surface area contributed by atoms with Crippen LogP contribution in [0.2, 0.25) is 0 Å². The van der Waals surface area contributed by atoms with Crippen molar-refractivity contribution in [3.05, 3.63) is 35.4 Å². The third-order valence-corrected chi connectivity index (χ3v) is 2.45. The molecule has 0 fully saturated rings. The number of aliphatic carboxylic acids is 1. The molecule has 1 aromatic rings. The molecule has 1 rings (SSSR count). The quantitative estimate of drug-likeness (QED) is 0.795. The van der Waals surface area contributed by atoms with Crippen LogP contribution in [0.25, 0.3) is 0 Å². The first-order valence-corrected chi connectivity index (χ1v) is 5.06. The Morgan fingerprint density at radius 2 is 1.80 bits per heavy atom. The van der Waals surface area contributed by atoms with Crippen LogP contribution >= 0.6 is 0 Å². The number of hydrogen-bond acceptors (Lipinski definition) is 2. The number of carboxylic acid groups (broad SMARTS) is 1. The van der Waals surface area contributed by atoms with E-state index >= 15 is 0 Å². The van der Waals surface area contributed by atoms with Gasteiger partial charge >= 0.3 is 5.97 Å². The van der Waals surface area contributed by atoms with Crippen molar-refractivity contribution < 1.29 is 9.90 Å². The van der Waals surface area contributed by atoms with Crippen LogP contribution < -0.4 is 5.32 Å². The van der Waals surface area contributed by atoms with E-state index in [1.165, 1.54) is 5.56 Å². The first-order valence-electron chi connectivity index (χ1n) is 5.06. The monoisotopic (exact) mass is 207 g/mol. The minimum Gasteiger partial charge on any atom is -0.480 e. The maximum atomic E-state index is 10.7. The van der Waals surface area contributed by atoms with E-state index in [0.717, 1.165) is 5.56 Å². The lowest BCUT2D eigenvalue weighted by molar-refractivity contribution is -0.139. The van der Waals surface area contributed by atoms with Gasteiger partial charge in [0.15, 0.2) is 0 Å². The first kappa shape index (κ1) is 11.7. The predicted octanol–water partition coefficient (Wildman–Crippen LogP) is 2.12. The summed E-state index contributed by atoms with van der Waals surface area (Å²) in [6.07, 6.45) is 0. The van der Waals surface area contributed by atoms with Crippen molar-refractivity contribution in [3.8, 4) is 0 Å². The summed E-state index contributed by atoms with van der Waals surface area (Å²) >= 11 is 0. The van der Waals surface area contributed by atoms with Gasteiger partial charge in [-0.25, -0.2) is 0 Å². The number of carbonyl (C=O) groups is 1. The first-order chi connectivity index (χ1) is 7.00. The Bertz CT molecular complexity index is 332. The van der Waals surface area contributed by atoms with Crippen molar-refractivity contribution in [3.63, 3.8) is 0 Å². The zero-order valence-electron chi connectivity index (χ0n) is 9.32. The molecule has 0 aliphatic carbocycles. The molecular formula is C12H17NO2. The van der Waals surface area contributed by atoms with Crippen LogP contribution in [0.5, 0.6) is 0 Å². The minimum absolute atomic E-state index is 0.0525. The highest BCUT2D eigenvalue weighted by atomic mass is 16.4. The highest BCUT2D eigenvalue weighted by Crippen LogP contribution is 2.13. The molecule has 0 saturated carbocycles. The van der Waals surface area contributed by atoms with Gasteiger partial charge in [-0.2, -0.15) is 0 Å². The summed E-state index contributed by atoms with van der Waals surface area (Å²) in [6, 6.07) is 7.61. The molecule has 2 N–H and O–H groups in total. The number of aryl methyl sites for hydroxylation is 1. The molecule has 1 unspecified atom stereocenters. The molecule has 3 heteroatoms. The van der Waals surface area contributed by atoms with Crippen molar-refractivity contribution in [2.45, 2.75) is 32.9 Å². The van der Waals surface area contributed by atoms with Crippen LogP contribution in [0.4, 0.5) is 0 Å². The normalized spacial score (nSPS) is 14.6. The van der Waals surface area contributed by atoms with E-state index in [4.69, 9.17) is 5.11 Å². The Balaban J connectivity index is 2.64. The average Bonchev–Trinajstić information content (AvgIpc) is 2.18. The predicted molar refractivity (Wildman–Crippen MR) is 59.8 cm³/mol. The van der Waals surface area contributed by atoms with Crippen LogP contribution in [0, 0.1) is 6.92 Å². The van der Waals surface area contributed by atoms with E-state index in [0.29, 0.717) is 0 Å². The number of hydrogen-bond donors (Lipinski definition) is 2. The number of benzene rings is 1. The molecule has 0 bridgehead atoms. The van der Waals surface area contributed by atoms with Crippen LogP contribution in [-0.2, 0) is 4.79 Å². The van der Waals surface area contributed by atoms with Crippen molar-refractivity contribution in [1.29, 1.82) is 0 Å². The average molecular weight is 207 g/mol. The van der Waals surface area contributed by atoms with E-state index < -0.39 is 12.0 Å². The summed E-state index contributed by atoms with van der Waals surface area (Å²) < 4.78 is 0. The summed E-state index contributed by atoms with van der Waals surface area (Å²) in [6.45, 7) is 5.64. The Morgan fingerprint density at radius 3 is 2.27 bits per heavy atom. The molecule has 0 aliphatic heterocycles. The smallest absolute Gasteiger partial charge is 0.320 e. The maximum absolute atomic E-state index is 10.7. The highest BCUT2D eigenvalue weighted by Gasteiger charge is 2.14. The molecule has 0 radical (unpaired) electrons. The molecule has 15 heavy (non-hydrogen) atoms. The SMILES string of the molecule is Cc1ccc([C@H](C)NC(C)C(=O)O)cc1. The Morgan fingerprint density at radius 1 is 1.27 bits per heavy atom. The third-order valence-electron chi connectivity index (χ3n) is 2.45. The van der Waals surface area contributed by atoms with E-state index in [-0.39, 0.29) is 6.04 Å². The van der Waals surface area contributed by atoms with E-state index in [2.05, 4.69) is 5.32 Å². The summed E-state index contributed by atoms with van der Waals surface area (Å²) in [5, 5.41) is 11.8. The van der Waals surface area contributed by atoms with Crippen LogP contribution in [-0.4, -0.2) is 17.1 Å². The molecule has 0 aromatic heterocycles. The standard InChI is InChI=1S/C12H17NO2/c1-8-4-6-11(7-5-8)9(2)13-10(3)12(14)15/h4-7,9-10,13H,1-3H3,(H,14,15)/t9-,10?/m0/s1. The largest absolute Gasteiger partial charge is 0.480 e. The van der Waals surface area contributed by atoms with Crippen LogP contribution in [0.3, 0.4) is 0 Å². The van der Waals surface area contributed by atoms with E-state index in [1.807, 2.05) is 38.1 Å². The lowest BCUT2D eigenvalue weighted by atomic mass is 10.1. The fourth-order valence-corrected chi connectivity index (χ4v) is 1.40. The molecule has 82 valence electrons. The second-order valence-electron chi connectivity index (χ2n) is 3.86. The Kier molecular flexibility index (Phi) is 3.86. The summed E-state index contributed by atoms with van der Waals surface area (Å²) in [5.41, 5.74) is 2.31. The van der Waals surface area contributed by atoms with E-state index in [1.54, 1.807) is 6.92 Å². The second kappa shape index (κ2) is 4.94. The van der Waals surface area contributed by atoms with Gasteiger partial charge in [0.2, 0.25) is 0 Å². The van der Waals surface area contributed by atoms with Crippen molar-refractivity contribution >= 4 is 5.97 Å². The van der Waals surface area contributed by atoms with Gasteiger partial charge in [-0.1, -0.05) is 29.8 Å². The van der Waals surface area contributed by atoms with Gasteiger partial charge in [-0.15, -0.1) is 0 Å². The number of rotatable bonds is 4. The van der Waals surface area contributed by atoms with Gasteiger partial charge in [0, 0.05) is 6.04 Å². The summed E-state index contributed by atoms with van der Waals surface area (Å²) in [7, 11) is 0. The van der Waals surface area contributed by atoms with Crippen LogP contribution in [0.15, 0.2) is 24.3 Å². The fraction of sp³-hybridized carbons (Fsp3) is 0.417. The summed E-state index contributed by atoms with van der Waals surface area (Å²) in [5.74, 6) is -0.825. The molecule has 0 spiro atoms. The minimum atomic E-state index is -0.825. The number of carboxylic acids is 1. The molecular weight excluding hydrogens is 190 g/mol. The molecule has 0 aliphatic rings. The fourth-order valence-electron chi connectivity index (χ4n) is 1.40. The molecule has 3 nitrogen and oxygen atoms in total. The molecule has 0 amide bonds. The van der Waals surface area contributed by atoms with Gasteiger partial charge in [0.1, 0.15) is 6.04 Å². The maximum Gasteiger partial charge on any atom is 0.320 e.